The van der Waals surface area contributed by atoms with Gasteiger partial charge in [0.25, 0.3) is 4.34 Å². The highest BCUT2D eigenvalue weighted by Gasteiger charge is 2.16. The topological polar surface area (TPSA) is 74.5 Å². The molecule has 0 bridgehead atoms. The zero-order valence-corrected chi connectivity index (χ0v) is 16.0. The Morgan fingerprint density at radius 2 is 2.21 bits per heavy atom. The number of nitrogens with zero attached hydrogens (tertiary/aromatic N) is 1. The van der Waals surface area contributed by atoms with Crippen molar-refractivity contribution in [2.45, 2.75) is 34.9 Å². The molecule has 1 heterocycles. The Balaban J connectivity index is 1.66. The zero-order chi connectivity index (χ0) is 17.4. The van der Waals surface area contributed by atoms with Gasteiger partial charge in [-0.25, -0.2) is 0 Å². The van der Waals surface area contributed by atoms with Gasteiger partial charge < -0.3 is 9.90 Å². The van der Waals surface area contributed by atoms with Gasteiger partial charge in [-0.2, -0.15) is 10.0 Å². The molecule has 132 valence electrons. The fraction of sp³-hybridized carbons (Fsp3) is 0.467. The van der Waals surface area contributed by atoms with Crippen LogP contribution in [0.1, 0.15) is 25.7 Å². The van der Waals surface area contributed by atoms with Crippen molar-refractivity contribution >= 4 is 51.3 Å². The summed E-state index contributed by atoms with van der Waals surface area (Å²) in [7, 11) is 2.05. The van der Waals surface area contributed by atoms with E-state index in [1.165, 1.54) is 14.6 Å². The first-order valence-electron chi connectivity index (χ1n) is 7.51. The number of aryl methyl sites for hydroxylation is 1. The summed E-state index contributed by atoms with van der Waals surface area (Å²) in [6.07, 6.45) is 4.42. The number of benzene rings is 1. The van der Waals surface area contributed by atoms with E-state index < -0.39 is 5.97 Å². The number of carboxylic acid groups (broad SMARTS) is 1. The van der Waals surface area contributed by atoms with Crippen LogP contribution in [0.4, 0.5) is 0 Å². The molecule has 24 heavy (non-hydrogen) atoms. The van der Waals surface area contributed by atoms with Gasteiger partial charge >= 0.3 is 0 Å². The van der Waals surface area contributed by atoms with Crippen molar-refractivity contribution in [2.75, 3.05) is 12.8 Å². The second kappa shape index (κ2) is 10.2. The summed E-state index contributed by atoms with van der Waals surface area (Å²) in [5.41, 5.74) is 3.86. The predicted octanol–water partition coefficient (Wildman–Crippen LogP) is 2.22. The average Bonchev–Trinajstić information content (AvgIpc) is 2.89. The number of carbonyl (C=O) groups is 1. The van der Waals surface area contributed by atoms with Crippen molar-refractivity contribution in [1.82, 2.24) is 5.48 Å². The third kappa shape index (κ3) is 5.91. The lowest BCUT2D eigenvalue weighted by Gasteiger charge is -2.04. The van der Waals surface area contributed by atoms with Gasteiger partial charge in [0, 0.05) is 23.5 Å². The van der Waals surface area contributed by atoms with Crippen molar-refractivity contribution in [3.8, 4) is 0 Å². The molecular weight excluding hydrogens is 368 g/mol. The van der Waals surface area contributed by atoms with Crippen LogP contribution in [0.3, 0.4) is 0 Å². The summed E-state index contributed by atoms with van der Waals surface area (Å²) >= 11 is 4.65. The maximum atomic E-state index is 10.3. The number of nitrogens with one attached hydrogen (secondary N) is 1. The monoisotopic (exact) mass is 388 g/mol. The van der Waals surface area contributed by atoms with Crippen LogP contribution in [0, 0.1) is 0 Å². The fourth-order valence-corrected chi connectivity index (χ4v) is 4.38. The molecule has 2 rings (SSSR count). The molecule has 9 heteroatoms. The first-order chi connectivity index (χ1) is 11.6. The smallest absolute Gasteiger partial charge is 0.297 e. The lowest BCUT2D eigenvalue weighted by Crippen LogP contribution is -2.27. The van der Waals surface area contributed by atoms with Crippen LogP contribution in [0.15, 0.2) is 27.4 Å². The molecule has 0 radical (unpaired) electrons. The summed E-state index contributed by atoms with van der Waals surface area (Å²) < 4.78 is 9.74. The Bertz CT molecular complexity index is 678. The van der Waals surface area contributed by atoms with E-state index in [4.69, 9.17) is 9.32 Å². The molecule has 0 aliphatic rings. The Labute approximate surface area is 153 Å². The second-order valence-electron chi connectivity index (χ2n) is 5.07. The van der Waals surface area contributed by atoms with Crippen LogP contribution in [0.5, 0.6) is 0 Å². The molecule has 0 saturated carbocycles. The third-order valence-corrected chi connectivity index (χ3v) is 6.29. The van der Waals surface area contributed by atoms with Crippen molar-refractivity contribution in [3.05, 3.63) is 18.2 Å². The quantitative estimate of drug-likeness (QED) is 0.158. The van der Waals surface area contributed by atoms with Gasteiger partial charge in [0.2, 0.25) is 5.52 Å². The third-order valence-electron chi connectivity index (χ3n) is 3.32. The molecule has 0 spiro atoms. The Kier molecular flexibility index (Phi) is 8.30. The van der Waals surface area contributed by atoms with Gasteiger partial charge in [-0.05, 0) is 49.4 Å². The van der Waals surface area contributed by atoms with Crippen molar-refractivity contribution < 1.29 is 23.8 Å². The van der Waals surface area contributed by atoms with Gasteiger partial charge in [-0.1, -0.05) is 17.8 Å². The summed E-state index contributed by atoms with van der Waals surface area (Å²) in [6, 6.07) is 6.15. The van der Waals surface area contributed by atoms with Gasteiger partial charge in [-0.3, -0.25) is 0 Å². The highest BCUT2D eigenvalue weighted by molar-refractivity contribution is 8.00. The number of unbranched alkanes of at least 4 members (excludes halogenated alkanes) is 2. The predicted molar refractivity (Wildman–Crippen MR) is 94.3 cm³/mol. The van der Waals surface area contributed by atoms with E-state index >= 15 is 0 Å². The molecule has 1 N–H and O–H groups in total. The van der Waals surface area contributed by atoms with E-state index in [1.807, 2.05) is 6.07 Å². The normalized spacial score (nSPS) is 11.2. The van der Waals surface area contributed by atoms with Crippen LogP contribution in [0.2, 0.25) is 0 Å². The van der Waals surface area contributed by atoms with Gasteiger partial charge in [0.05, 0.1) is 12.0 Å². The maximum absolute atomic E-state index is 10.3. The molecule has 0 aliphatic heterocycles. The van der Waals surface area contributed by atoms with E-state index in [9.17, 15) is 9.90 Å². The van der Waals surface area contributed by atoms with Crippen LogP contribution >= 0.6 is 35.1 Å². The molecule has 0 saturated heterocycles. The van der Waals surface area contributed by atoms with Crippen LogP contribution in [0.25, 0.3) is 10.2 Å². The lowest BCUT2D eigenvalue weighted by atomic mass is 10.2. The minimum Gasteiger partial charge on any atom is -0.550 e. The standard InChI is InChI=1S/C15H20N2O4S3/c1-17-12-10-11(7-8-13(12)23-15(17)22-2)24-21-20-16-9-5-3-4-6-14(18)19/h7-8,10,16H,3-6,9H2,1-2H3. The number of carbonyl (C=O) groups excluding carboxylic acids is 1. The Hall–Kier alpha value is -0.840. The Morgan fingerprint density at radius 1 is 1.38 bits per heavy atom. The SMILES string of the molecule is CSc1sc2ccc(SOONCCCCCC(=O)[O-])cc2[n+]1C. The number of hydrogen-bond acceptors (Lipinski definition) is 8. The molecule has 1 aromatic carbocycles. The first kappa shape index (κ1) is 19.5. The molecule has 6 nitrogen and oxygen atoms in total. The number of hydrogen-bond donors (Lipinski definition) is 1. The summed E-state index contributed by atoms with van der Waals surface area (Å²) in [4.78, 5) is 16.1. The summed E-state index contributed by atoms with van der Waals surface area (Å²) in [5, 5.41) is 10.3. The van der Waals surface area contributed by atoms with E-state index in [1.54, 1.807) is 23.1 Å². The van der Waals surface area contributed by atoms with Crippen LogP contribution in [-0.4, -0.2) is 18.8 Å². The number of carboxylic acids is 1. The number of thioether (sulfide) groups is 1. The van der Waals surface area contributed by atoms with Gasteiger partial charge in [0.1, 0.15) is 11.7 Å². The summed E-state index contributed by atoms with van der Waals surface area (Å²) in [5.74, 6) is -1.00. The molecule has 0 aliphatic carbocycles. The van der Waals surface area contributed by atoms with Crippen molar-refractivity contribution in [3.63, 3.8) is 0 Å². The molecule has 0 fully saturated rings. The largest absolute Gasteiger partial charge is 0.550 e. The van der Waals surface area contributed by atoms with Crippen LogP contribution in [-0.2, 0) is 21.2 Å². The molecule has 1 aromatic heterocycles. The number of rotatable bonds is 11. The average molecular weight is 389 g/mol. The number of fused-ring (bicyclic) bond motifs is 1. The molecule has 0 amide bonds. The van der Waals surface area contributed by atoms with Gasteiger partial charge in [-0.15, -0.1) is 9.32 Å². The van der Waals surface area contributed by atoms with E-state index in [0.717, 1.165) is 29.8 Å². The number of hydroxylamine groups is 1. The fourth-order valence-electron chi connectivity index (χ4n) is 2.10. The minimum absolute atomic E-state index is 0.105. The Morgan fingerprint density at radius 3 is 2.96 bits per heavy atom. The van der Waals surface area contributed by atoms with Crippen molar-refractivity contribution in [1.29, 1.82) is 0 Å². The number of thiazole rings is 1. The van der Waals surface area contributed by atoms with E-state index in [0.29, 0.717) is 13.0 Å². The summed E-state index contributed by atoms with van der Waals surface area (Å²) in [6.45, 7) is 0.600. The molecule has 2 aromatic rings. The minimum atomic E-state index is -1.00. The van der Waals surface area contributed by atoms with E-state index in [-0.39, 0.29) is 6.42 Å². The van der Waals surface area contributed by atoms with Crippen LogP contribution < -0.4 is 15.2 Å². The molecule has 0 unspecified atom stereocenters. The number of aromatic nitrogens is 1. The zero-order valence-electron chi connectivity index (χ0n) is 13.6. The maximum Gasteiger partial charge on any atom is 0.297 e. The molecule has 0 atom stereocenters. The highest BCUT2D eigenvalue weighted by atomic mass is 32.2. The highest BCUT2D eigenvalue weighted by Crippen LogP contribution is 2.29. The second-order valence-corrected chi connectivity index (χ2v) is 7.93. The van der Waals surface area contributed by atoms with Gasteiger partial charge in [0.15, 0.2) is 0 Å². The lowest BCUT2D eigenvalue weighted by molar-refractivity contribution is -0.676. The number of aliphatic carboxylic acids is 1. The molecular formula is C15H20N2O4S3. The van der Waals surface area contributed by atoms with Crippen molar-refractivity contribution in [2.24, 2.45) is 7.05 Å². The van der Waals surface area contributed by atoms with E-state index in [2.05, 4.69) is 35.5 Å². The first-order valence-corrected chi connectivity index (χ1v) is 10.3.